The summed E-state index contributed by atoms with van der Waals surface area (Å²) in [5.74, 6) is 1.18. The molecule has 0 amide bonds. The number of methoxy groups -OCH3 is 1. The Kier molecular flexibility index (Phi) is 3.92. The third-order valence-electron chi connectivity index (χ3n) is 4.77. The molecule has 4 aromatic rings. The van der Waals surface area contributed by atoms with E-state index in [0.29, 0.717) is 34.9 Å². The molecule has 3 aromatic carbocycles. The summed E-state index contributed by atoms with van der Waals surface area (Å²) < 4.78 is 10.8. The number of oxazole rings is 1. The first kappa shape index (κ1) is 17.2. The van der Waals surface area contributed by atoms with Gasteiger partial charge in [0.1, 0.15) is 12.1 Å². The fraction of sp³-hybridized carbons (Fsp3) is 0.0952. The highest BCUT2D eigenvalue weighted by Crippen LogP contribution is 2.35. The van der Waals surface area contributed by atoms with Crippen molar-refractivity contribution in [3.8, 4) is 34.1 Å². The molecule has 8 heteroatoms. The maximum absolute atomic E-state index is 11.3. The van der Waals surface area contributed by atoms with E-state index in [1.54, 1.807) is 6.07 Å². The third kappa shape index (κ3) is 2.95. The van der Waals surface area contributed by atoms with Gasteiger partial charge in [-0.25, -0.2) is 4.98 Å². The van der Waals surface area contributed by atoms with E-state index in [9.17, 15) is 10.1 Å². The van der Waals surface area contributed by atoms with Crippen molar-refractivity contribution in [1.82, 2.24) is 4.98 Å². The van der Waals surface area contributed by atoms with Crippen LogP contribution in [0.25, 0.3) is 33.7 Å². The van der Waals surface area contributed by atoms with Crippen LogP contribution in [0.3, 0.4) is 0 Å². The van der Waals surface area contributed by atoms with E-state index in [0.717, 1.165) is 16.7 Å². The Bertz CT molecular complexity index is 1260. The Morgan fingerprint density at radius 2 is 1.83 bits per heavy atom. The first-order chi connectivity index (χ1) is 14.1. The number of nitro groups is 1. The van der Waals surface area contributed by atoms with Crippen LogP contribution in [0.4, 0.5) is 5.69 Å². The highest BCUT2D eigenvalue weighted by Gasteiger charge is 2.19. The number of ether oxygens (including phenoxy) is 1. The van der Waals surface area contributed by atoms with Crippen LogP contribution in [-0.2, 0) is 11.5 Å². The molecule has 1 aliphatic heterocycles. The number of benzene rings is 3. The smallest absolute Gasteiger partial charge is 0.311 e. The zero-order valence-corrected chi connectivity index (χ0v) is 15.2. The Morgan fingerprint density at radius 3 is 2.66 bits per heavy atom. The Hall–Kier alpha value is -3.91. The number of hydrogen-bond donors (Lipinski definition) is 0. The van der Waals surface area contributed by atoms with Crippen molar-refractivity contribution in [2.75, 3.05) is 7.11 Å². The van der Waals surface area contributed by atoms with Crippen molar-refractivity contribution in [3.63, 3.8) is 0 Å². The van der Waals surface area contributed by atoms with Crippen molar-refractivity contribution < 1.29 is 23.9 Å². The van der Waals surface area contributed by atoms with Crippen LogP contribution < -0.4 is 9.62 Å². The summed E-state index contributed by atoms with van der Waals surface area (Å²) in [5.41, 5.74) is 4.49. The standard InChI is InChI=1S/C21H14N2O6/c1-26-19-7-5-14(9-17(19)23(24)25)21-22-16-8-12(4-6-18(16)28-21)13-2-3-15-11-27-29-20(15)10-13/h2-10H,11H2,1H3. The SMILES string of the molecule is COc1ccc(-c2nc3cc(-c4ccc5c(c4)OOC5)ccc3o2)cc1[N+](=O)[O-]. The fourth-order valence-electron chi connectivity index (χ4n) is 3.28. The van der Waals surface area contributed by atoms with Gasteiger partial charge in [-0.15, -0.1) is 0 Å². The van der Waals surface area contributed by atoms with Gasteiger partial charge in [-0.1, -0.05) is 18.2 Å². The minimum absolute atomic E-state index is 0.145. The van der Waals surface area contributed by atoms with Crippen molar-refractivity contribution in [3.05, 3.63) is 70.3 Å². The predicted octanol–water partition coefficient (Wildman–Crippen LogP) is 4.90. The van der Waals surface area contributed by atoms with E-state index in [1.807, 2.05) is 36.4 Å². The Labute approximate surface area is 164 Å². The second kappa shape index (κ2) is 6.61. The van der Waals surface area contributed by atoms with Gasteiger partial charge in [-0.3, -0.25) is 10.1 Å². The lowest BCUT2D eigenvalue weighted by molar-refractivity contribution is -0.385. The summed E-state index contributed by atoms with van der Waals surface area (Å²) in [6, 6.07) is 16.1. The van der Waals surface area contributed by atoms with E-state index >= 15 is 0 Å². The molecule has 5 rings (SSSR count). The molecule has 1 aliphatic rings. The number of rotatable bonds is 4. The van der Waals surface area contributed by atoms with Crippen molar-refractivity contribution in [1.29, 1.82) is 0 Å². The van der Waals surface area contributed by atoms with Gasteiger partial charge in [0.2, 0.25) is 5.89 Å². The first-order valence-electron chi connectivity index (χ1n) is 8.78. The normalized spacial score (nSPS) is 12.6. The van der Waals surface area contributed by atoms with Crippen LogP contribution in [-0.4, -0.2) is 17.0 Å². The molecule has 29 heavy (non-hydrogen) atoms. The molecule has 1 aromatic heterocycles. The average molecular weight is 390 g/mol. The van der Waals surface area contributed by atoms with E-state index < -0.39 is 4.92 Å². The van der Waals surface area contributed by atoms with E-state index in [2.05, 4.69) is 4.98 Å². The number of nitro benzene ring substituents is 1. The molecule has 0 fully saturated rings. The summed E-state index contributed by atoms with van der Waals surface area (Å²) >= 11 is 0. The maximum atomic E-state index is 11.3. The first-order valence-corrected chi connectivity index (χ1v) is 8.78. The Balaban J connectivity index is 1.55. The molecule has 0 atom stereocenters. The number of nitrogens with zero attached hydrogens (tertiary/aromatic N) is 2. The van der Waals surface area contributed by atoms with Crippen LogP contribution in [0.5, 0.6) is 11.5 Å². The van der Waals surface area contributed by atoms with Gasteiger partial charge in [-0.05, 0) is 41.5 Å². The second-order valence-electron chi connectivity index (χ2n) is 6.51. The lowest BCUT2D eigenvalue weighted by atomic mass is 10.0. The molecular formula is C21H14N2O6. The number of aromatic nitrogens is 1. The molecule has 0 N–H and O–H groups in total. The van der Waals surface area contributed by atoms with Gasteiger partial charge in [-0.2, -0.15) is 4.89 Å². The molecule has 0 bridgehead atoms. The van der Waals surface area contributed by atoms with Gasteiger partial charge >= 0.3 is 5.69 Å². The quantitative estimate of drug-likeness (QED) is 0.278. The molecule has 0 unspecified atom stereocenters. The van der Waals surface area contributed by atoms with Crippen LogP contribution >= 0.6 is 0 Å². The monoisotopic (exact) mass is 390 g/mol. The van der Waals surface area contributed by atoms with E-state index in [4.69, 9.17) is 18.9 Å². The largest absolute Gasteiger partial charge is 0.490 e. The minimum atomic E-state index is -0.497. The zero-order valence-electron chi connectivity index (χ0n) is 15.2. The van der Waals surface area contributed by atoms with Crippen LogP contribution in [0.1, 0.15) is 5.56 Å². The lowest BCUT2D eigenvalue weighted by Gasteiger charge is -2.02. The molecule has 2 heterocycles. The molecule has 0 aliphatic carbocycles. The molecule has 8 nitrogen and oxygen atoms in total. The van der Waals surface area contributed by atoms with Gasteiger partial charge in [0, 0.05) is 17.2 Å². The highest BCUT2D eigenvalue weighted by molar-refractivity contribution is 5.83. The average Bonchev–Trinajstić information content (AvgIpc) is 3.38. The van der Waals surface area contributed by atoms with Crippen molar-refractivity contribution in [2.45, 2.75) is 6.61 Å². The number of fused-ring (bicyclic) bond motifs is 2. The Morgan fingerprint density at radius 1 is 1.03 bits per heavy atom. The topological polar surface area (TPSA) is 96.9 Å². The summed E-state index contributed by atoms with van der Waals surface area (Å²) in [6.07, 6.45) is 0. The van der Waals surface area contributed by atoms with Gasteiger partial charge in [0.15, 0.2) is 17.1 Å². The maximum Gasteiger partial charge on any atom is 0.311 e. The van der Waals surface area contributed by atoms with Crippen molar-refractivity contribution >= 4 is 16.8 Å². The van der Waals surface area contributed by atoms with Gasteiger partial charge < -0.3 is 14.0 Å². The van der Waals surface area contributed by atoms with Gasteiger partial charge in [0.25, 0.3) is 0 Å². The molecule has 0 saturated carbocycles. The highest BCUT2D eigenvalue weighted by atomic mass is 17.2. The molecule has 0 radical (unpaired) electrons. The van der Waals surface area contributed by atoms with Crippen LogP contribution in [0.15, 0.2) is 59.0 Å². The minimum Gasteiger partial charge on any atom is -0.490 e. The van der Waals surface area contributed by atoms with E-state index in [1.165, 1.54) is 19.2 Å². The van der Waals surface area contributed by atoms with Crippen LogP contribution in [0.2, 0.25) is 0 Å². The zero-order chi connectivity index (χ0) is 20.0. The summed E-state index contributed by atoms with van der Waals surface area (Å²) in [4.78, 5) is 25.4. The lowest BCUT2D eigenvalue weighted by Crippen LogP contribution is -1.94. The number of hydrogen-bond acceptors (Lipinski definition) is 7. The third-order valence-corrected chi connectivity index (χ3v) is 4.77. The van der Waals surface area contributed by atoms with Crippen LogP contribution in [0, 0.1) is 10.1 Å². The predicted molar refractivity (Wildman–Crippen MR) is 104 cm³/mol. The second-order valence-corrected chi connectivity index (χ2v) is 6.51. The summed E-state index contributed by atoms with van der Waals surface area (Å²) in [5, 5.41) is 11.3. The molecule has 144 valence electrons. The molecular weight excluding hydrogens is 376 g/mol. The molecule has 0 spiro atoms. The molecule has 0 saturated heterocycles. The summed E-state index contributed by atoms with van der Waals surface area (Å²) in [7, 11) is 1.39. The van der Waals surface area contributed by atoms with Crippen molar-refractivity contribution in [2.24, 2.45) is 0 Å². The fourth-order valence-corrected chi connectivity index (χ4v) is 3.28. The summed E-state index contributed by atoms with van der Waals surface area (Å²) in [6.45, 7) is 0.440. The van der Waals surface area contributed by atoms with Gasteiger partial charge in [0.05, 0.1) is 12.0 Å². The van der Waals surface area contributed by atoms with E-state index in [-0.39, 0.29) is 11.4 Å².